The Hall–Kier alpha value is -2.61. The van der Waals surface area contributed by atoms with Crippen LogP contribution in [-0.2, 0) is 0 Å². The van der Waals surface area contributed by atoms with E-state index in [9.17, 15) is 0 Å². The van der Waals surface area contributed by atoms with Crippen LogP contribution < -0.4 is 11.1 Å². The number of hydrogen-bond acceptors (Lipinski definition) is 5. The van der Waals surface area contributed by atoms with Gasteiger partial charge in [0.1, 0.15) is 5.82 Å². The lowest BCUT2D eigenvalue weighted by Crippen LogP contribution is -1.98. The lowest BCUT2D eigenvalue weighted by Gasteiger charge is -2.04. The Labute approximate surface area is 92.5 Å². The molecule has 0 fully saturated rings. The first kappa shape index (κ1) is 9.93. The number of anilines is 3. The third kappa shape index (κ3) is 2.25. The molecule has 0 saturated carbocycles. The van der Waals surface area contributed by atoms with Crippen LogP contribution in [0.2, 0.25) is 0 Å². The summed E-state index contributed by atoms with van der Waals surface area (Å²) in [5.41, 5.74) is 6.80. The fourth-order valence-corrected chi connectivity index (χ4v) is 1.22. The minimum absolute atomic E-state index is 0.372. The van der Waals surface area contributed by atoms with Crippen LogP contribution in [0.3, 0.4) is 0 Å². The van der Waals surface area contributed by atoms with Gasteiger partial charge in [-0.3, -0.25) is 0 Å². The molecule has 78 valence electrons. The number of nitrogens with one attached hydrogen (secondary N) is 1. The molecular formula is C11H9N5. The summed E-state index contributed by atoms with van der Waals surface area (Å²) >= 11 is 0. The molecule has 16 heavy (non-hydrogen) atoms. The van der Waals surface area contributed by atoms with Gasteiger partial charge >= 0.3 is 0 Å². The van der Waals surface area contributed by atoms with Crippen LogP contribution in [0.4, 0.5) is 17.3 Å². The standard InChI is InChI=1S/C11H9N5/c12-7-8-2-1-3-9(6-8)14-11-5-4-10(13)15-16-11/h1-6H,(H2,13,15)(H,14,16). The molecule has 0 amide bonds. The van der Waals surface area contributed by atoms with Crippen LogP contribution >= 0.6 is 0 Å². The molecular weight excluding hydrogens is 202 g/mol. The van der Waals surface area contributed by atoms with Crippen molar-refractivity contribution in [1.82, 2.24) is 10.2 Å². The summed E-state index contributed by atoms with van der Waals surface area (Å²) in [5, 5.41) is 19.3. The number of nitrogen functional groups attached to an aromatic ring is 1. The average molecular weight is 211 g/mol. The number of benzene rings is 1. The quantitative estimate of drug-likeness (QED) is 0.788. The summed E-state index contributed by atoms with van der Waals surface area (Å²) < 4.78 is 0. The molecule has 1 heterocycles. The molecule has 5 heteroatoms. The largest absolute Gasteiger partial charge is 0.382 e. The number of nitriles is 1. The van der Waals surface area contributed by atoms with Gasteiger partial charge in [-0.2, -0.15) is 5.26 Å². The van der Waals surface area contributed by atoms with Crippen molar-refractivity contribution in [3.05, 3.63) is 42.0 Å². The van der Waals surface area contributed by atoms with E-state index in [0.717, 1.165) is 5.69 Å². The predicted octanol–water partition coefficient (Wildman–Crippen LogP) is 1.67. The van der Waals surface area contributed by atoms with Crippen molar-refractivity contribution in [3.8, 4) is 6.07 Å². The molecule has 0 aliphatic carbocycles. The van der Waals surface area contributed by atoms with Crippen LogP contribution in [0.15, 0.2) is 36.4 Å². The first-order chi connectivity index (χ1) is 7.78. The van der Waals surface area contributed by atoms with E-state index in [0.29, 0.717) is 17.2 Å². The van der Waals surface area contributed by atoms with Crippen molar-refractivity contribution in [2.24, 2.45) is 0 Å². The monoisotopic (exact) mass is 211 g/mol. The van der Waals surface area contributed by atoms with Gasteiger partial charge in [0.25, 0.3) is 0 Å². The van der Waals surface area contributed by atoms with E-state index in [4.69, 9.17) is 11.0 Å². The van der Waals surface area contributed by atoms with Gasteiger partial charge in [-0.05, 0) is 30.3 Å². The summed E-state index contributed by atoms with van der Waals surface area (Å²) in [6.45, 7) is 0. The summed E-state index contributed by atoms with van der Waals surface area (Å²) in [6, 6.07) is 12.6. The van der Waals surface area contributed by atoms with E-state index in [1.165, 1.54) is 0 Å². The van der Waals surface area contributed by atoms with Crippen LogP contribution in [0.5, 0.6) is 0 Å². The van der Waals surface area contributed by atoms with Gasteiger partial charge in [-0.1, -0.05) is 6.07 Å². The van der Waals surface area contributed by atoms with Crippen molar-refractivity contribution in [2.45, 2.75) is 0 Å². The highest BCUT2D eigenvalue weighted by atomic mass is 15.2. The summed E-state index contributed by atoms with van der Waals surface area (Å²) in [5.74, 6) is 0.959. The minimum Gasteiger partial charge on any atom is -0.382 e. The highest BCUT2D eigenvalue weighted by molar-refractivity contribution is 5.58. The first-order valence-corrected chi connectivity index (χ1v) is 4.64. The van der Waals surface area contributed by atoms with E-state index in [2.05, 4.69) is 21.6 Å². The molecule has 2 rings (SSSR count). The van der Waals surface area contributed by atoms with Gasteiger partial charge in [0.15, 0.2) is 5.82 Å². The van der Waals surface area contributed by atoms with Gasteiger partial charge in [0.05, 0.1) is 11.6 Å². The Balaban J connectivity index is 2.21. The fraction of sp³-hybridized carbons (Fsp3) is 0. The minimum atomic E-state index is 0.372. The smallest absolute Gasteiger partial charge is 0.153 e. The van der Waals surface area contributed by atoms with E-state index >= 15 is 0 Å². The van der Waals surface area contributed by atoms with Gasteiger partial charge in [-0.25, -0.2) is 0 Å². The van der Waals surface area contributed by atoms with E-state index in [-0.39, 0.29) is 0 Å². The number of nitrogens with zero attached hydrogens (tertiary/aromatic N) is 3. The van der Waals surface area contributed by atoms with Gasteiger partial charge in [-0.15, -0.1) is 10.2 Å². The average Bonchev–Trinajstić information content (AvgIpc) is 2.32. The second-order valence-corrected chi connectivity index (χ2v) is 3.16. The molecule has 0 radical (unpaired) electrons. The fourth-order valence-electron chi connectivity index (χ4n) is 1.22. The van der Waals surface area contributed by atoms with E-state index in [1.54, 1.807) is 30.3 Å². The van der Waals surface area contributed by atoms with Gasteiger partial charge < -0.3 is 11.1 Å². The van der Waals surface area contributed by atoms with Crippen LogP contribution in [0.1, 0.15) is 5.56 Å². The van der Waals surface area contributed by atoms with Gasteiger partial charge in [0.2, 0.25) is 0 Å². The van der Waals surface area contributed by atoms with Crippen molar-refractivity contribution in [1.29, 1.82) is 5.26 Å². The molecule has 5 nitrogen and oxygen atoms in total. The molecule has 0 aliphatic heterocycles. The number of aromatic nitrogens is 2. The molecule has 0 spiro atoms. The zero-order valence-electron chi connectivity index (χ0n) is 8.38. The molecule has 3 N–H and O–H groups in total. The van der Waals surface area contributed by atoms with Crippen LogP contribution in [-0.4, -0.2) is 10.2 Å². The van der Waals surface area contributed by atoms with Crippen molar-refractivity contribution < 1.29 is 0 Å². The first-order valence-electron chi connectivity index (χ1n) is 4.64. The highest BCUT2D eigenvalue weighted by Gasteiger charge is 1.97. The topological polar surface area (TPSA) is 87.6 Å². The molecule has 2 aromatic rings. The zero-order chi connectivity index (χ0) is 11.4. The maximum atomic E-state index is 8.74. The lowest BCUT2D eigenvalue weighted by molar-refractivity contribution is 1.05. The predicted molar refractivity (Wildman–Crippen MR) is 60.9 cm³/mol. The second-order valence-electron chi connectivity index (χ2n) is 3.16. The van der Waals surface area contributed by atoms with Crippen molar-refractivity contribution in [2.75, 3.05) is 11.1 Å². The molecule has 0 unspecified atom stereocenters. The van der Waals surface area contributed by atoms with Gasteiger partial charge in [0, 0.05) is 5.69 Å². The third-order valence-corrected chi connectivity index (χ3v) is 1.95. The van der Waals surface area contributed by atoms with E-state index < -0.39 is 0 Å². The Morgan fingerprint density at radius 1 is 1.19 bits per heavy atom. The maximum absolute atomic E-state index is 8.74. The van der Waals surface area contributed by atoms with E-state index in [1.807, 2.05) is 6.07 Å². The number of rotatable bonds is 2. The Kier molecular flexibility index (Phi) is 2.65. The van der Waals surface area contributed by atoms with Crippen LogP contribution in [0, 0.1) is 11.3 Å². The number of hydrogen-bond donors (Lipinski definition) is 2. The maximum Gasteiger partial charge on any atom is 0.153 e. The normalized spacial score (nSPS) is 9.44. The Morgan fingerprint density at radius 2 is 2.06 bits per heavy atom. The second kappa shape index (κ2) is 4.28. The molecule has 0 saturated heterocycles. The lowest BCUT2D eigenvalue weighted by atomic mass is 10.2. The summed E-state index contributed by atoms with van der Waals surface area (Å²) in [7, 11) is 0. The van der Waals surface area contributed by atoms with Crippen molar-refractivity contribution >= 4 is 17.3 Å². The molecule has 0 atom stereocenters. The molecule has 0 bridgehead atoms. The Bertz CT molecular complexity index is 527. The van der Waals surface area contributed by atoms with Crippen LogP contribution in [0.25, 0.3) is 0 Å². The molecule has 0 aliphatic rings. The highest BCUT2D eigenvalue weighted by Crippen LogP contribution is 2.15. The Morgan fingerprint density at radius 3 is 2.75 bits per heavy atom. The zero-order valence-corrected chi connectivity index (χ0v) is 8.38. The molecule has 1 aromatic heterocycles. The van der Waals surface area contributed by atoms with Crippen molar-refractivity contribution in [3.63, 3.8) is 0 Å². The summed E-state index contributed by atoms with van der Waals surface area (Å²) in [6.07, 6.45) is 0. The third-order valence-electron chi connectivity index (χ3n) is 1.95. The number of nitrogens with two attached hydrogens (primary N) is 1. The SMILES string of the molecule is N#Cc1cccc(Nc2ccc(N)nn2)c1. The summed E-state index contributed by atoms with van der Waals surface area (Å²) in [4.78, 5) is 0. The molecule has 1 aromatic carbocycles.